The Balaban J connectivity index is 1.44. The molecule has 0 fully saturated rings. The van der Waals surface area contributed by atoms with Crippen LogP contribution in [0.25, 0.3) is 0 Å². The van der Waals surface area contributed by atoms with Gasteiger partial charge in [-0.05, 0) is 23.6 Å². The minimum absolute atomic E-state index is 0.189. The molecule has 3 amide bonds. The standard InChI is InChI=1S/C17H15N5O2S/c23-16(11-6-7-25-10-11)19-15-13-8-22(9-14(13)20-21-15)17(24)18-12-4-2-1-3-5-12/h1-7,10H,8-9H2,(H,18,24)(H2,19,20,21,23). The number of benzene rings is 1. The van der Waals surface area contributed by atoms with Gasteiger partial charge in [-0.25, -0.2) is 4.79 Å². The van der Waals surface area contributed by atoms with Crippen LogP contribution in [0.3, 0.4) is 0 Å². The Kier molecular flexibility index (Phi) is 3.95. The summed E-state index contributed by atoms with van der Waals surface area (Å²) in [5.74, 6) is 0.268. The first-order chi connectivity index (χ1) is 12.2. The van der Waals surface area contributed by atoms with Gasteiger partial charge in [0.05, 0.1) is 24.3 Å². The number of rotatable bonds is 3. The molecule has 25 heavy (non-hydrogen) atoms. The van der Waals surface area contributed by atoms with Gasteiger partial charge >= 0.3 is 6.03 Å². The van der Waals surface area contributed by atoms with E-state index >= 15 is 0 Å². The molecule has 0 radical (unpaired) electrons. The lowest BCUT2D eigenvalue weighted by atomic mass is 10.2. The van der Waals surface area contributed by atoms with Gasteiger partial charge in [-0.15, -0.1) is 0 Å². The van der Waals surface area contributed by atoms with Crippen molar-refractivity contribution in [1.29, 1.82) is 0 Å². The average Bonchev–Trinajstić information content (AvgIpc) is 3.34. The van der Waals surface area contributed by atoms with Gasteiger partial charge in [-0.3, -0.25) is 9.89 Å². The number of thiophene rings is 1. The Labute approximate surface area is 147 Å². The highest BCUT2D eigenvalue weighted by Gasteiger charge is 2.29. The van der Waals surface area contributed by atoms with E-state index in [2.05, 4.69) is 20.8 Å². The maximum absolute atomic E-state index is 12.4. The highest BCUT2D eigenvalue weighted by molar-refractivity contribution is 7.08. The molecule has 1 aliphatic heterocycles. The minimum Gasteiger partial charge on any atom is -0.314 e. The molecule has 0 aliphatic carbocycles. The van der Waals surface area contributed by atoms with E-state index in [-0.39, 0.29) is 11.9 Å². The Morgan fingerprint density at radius 1 is 1.12 bits per heavy atom. The third-order valence-corrected chi connectivity index (χ3v) is 4.66. The zero-order chi connectivity index (χ0) is 17.2. The third kappa shape index (κ3) is 3.11. The number of H-pyrrole nitrogens is 1. The molecule has 0 atom stereocenters. The van der Waals surface area contributed by atoms with Crippen molar-refractivity contribution in [3.05, 3.63) is 64.0 Å². The predicted molar refractivity (Wildman–Crippen MR) is 95.6 cm³/mol. The number of amides is 3. The quantitative estimate of drug-likeness (QED) is 0.675. The summed E-state index contributed by atoms with van der Waals surface area (Å²) in [6, 6.07) is 10.9. The number of fused-ring (bicyclic) bond motifs is 1. The number of hydrogen-bond donors (Lipinski definition) is 3. The van der Waals surface area contributed by atoms with E-state index in [1.54, 1.807) is 16.3 Å². The van der Waals surface area contributed by atoms with Crippen molar-refractivity contribution in [3.63, 3.8) is 0 Å². The highest BCUT2D eigenvalue weighted by Crippen LogP contribution is 2.28. The van der Waals surface area contributed by atoms with Crippen molar-refractivity contribution < 1.29 is 9.59 Å². The predicted octanol–water partition coefficient (Wildman–Crippen LogP) is 3.27. The number of carbonyl (C=O) groups excluding carboxylic acids is 2. The zero-order valence-electron chi connectivity index (χ0n) is 13.2. The molecule has 126 valence electrons. The number of hydrogen-bond acceptors (Lipinski definition) is 4. The summed E-state index contributed by atoms with van der Waals surface area (Å²) in [7, 11) is 0. The van der Waals surface area contributed by atoms with Crippen LogP contribution in [0.5, 0.6) is 0 Å². The van der Waals surface area contributed by atoms with E-state index in [0.29, 0.717) is 24.5 Å². The summed E-state index contributed by atoms with van der Waals surface area (Å²) in [5, 5.41) is 16.3. The fourth-order valence-electron chi connectivity index (χ4n) is 2.68. The number of para-hydroxylation sites is 1. The van der Waals surface area contributed by atoms with Crippen LogP contribution in [0.1, 0.15) is 21.6 Å². The summed E-state index contributed by atoms with van der Waals surface area (Å²) in [6.45, 7) is 0.819. The van der Waals surface area contributed by atoms with Gasteiger partial charge in [0.1, 0.15) is 0 Å². The smallest absolute Gasteiger partial charge is 0.314 e. The molecule has 1 aromatic carbocycles. The Bertz CT molecular complexity index is 905. The lowest BCUT2D eigenvalue weighted by molar-refractivity contribution is 0.102. The maximum Gasteiger partial charge on any atom is 0.322 e. The van der Waals surface area contributed by atoms with Crippen molar-refractivity contribution in [3.8, 4) is 0 Å². The number of aromatic amines is 1. The fourth-order valence-corrected chi connectivity index (χ4v) is 3.32. The topological polar surface area (TPSA) is 90.1 Å². The van der Waals surface area contributed by atoms with Crippen molar-refractivity contribution in [1.82, 2.24) is 15.1 Å². The molecule has 8 heteroatoms. The lowest BCUT2D eigenvalue weighted by Gasteiger charge is -2.16. The lowest BCUT2D eigenvalue weighted by Crippen LogP contribution is -2.30. The Morgan fingerprint density at radius 2 is 1.96 bits per heavy atom. The summed E-state index contributed by atoms with van der Waals surface area (Å²) in [5.41, 5.74) is 3.02. The molecule has 1 aliphatic rings. The number of nitrogens with one attached hydrogen (secondary N) is 3. The molecule has 4 rings (SSSR count). The molecule has 0 bridgehead atoms. The highest BCUT2D eigenvalue weighted by atomic mass is 32.1. The van der Waals surface area contributed by atoms with Gasteiger partial charge in [0.15, 0.2) is 5.82 Å². The van der Waals surface area contributed by atoms with Gasteiger partial charge in [0, 0.05) is 16.6 Å². The van der Waals surface area contributed by atoms with E-state index in [4.69, 9.17) is 0 Å². The second-order valence-corrected chi connectivity index (χ2v) is 6.43. The van der Waals surface area contributed by atoms with Crippen molar-refractivity contribution in [2.45, 2.75) is 13.1 Å². The number of carbonyl (C=O) groups is 2. The van der Waals surface area contributed by atoms with Gasteiger partial charge in [0.25, 0.3) is 5.91 Å². The number of anilines is 2. The van der Waals surface area contributed by atoms with Crippen LogP contribution in [0.4, 0.5) is 16.3 Å². The molecule has 0 unspecified atom stereocenters. The van der Waals surface area contributed by atoms with Crippen LogP contribution in [0.15, 0.2) is 47.2 Å². The minimum atomic E-state index is -0.206. The molecular weight excluding hydrogens is 338 g/mol. The molecular formula is C17H15N5O2S. The largest absolute Gasteiger partial charge is 0.322 e. The number of aromatic nitrogens is 2. The van der Waals surface area contributed by atoms with Gasteiger partial charge in [-0.1, -0.05) is 18.2 Å². The molecule has 3 N–H and O–H groups in total. The molecule has 0 spiro atoms. The summed E-state index contributed by atoms with van der Waals surface area (Å²) < 4.78 is 0. The van der Waals surface area contributed by atoms with Crippen LogP contribution in [0.2, 0.25) is 0 Å². The van der Waals surface area contributed by atoms with Crippen molar-refractivity contribution in [2.24, 2.45) is 0 Å². The summed E-state index contributed by atoms with van der Waals surface area (Å²) >= 11 is 1.46. The summed E-state index contributed by atoms with van der Waals surface area (Å²) in [6.07, 6.45) is 0. The monoisotopic (exact) mass is 353 g/mol. The van der Waals surface area contributed by atoms with E-state index in [1.807, 2.05) is 35.7 Å². The second-order valence-electron chi connectivity index (χ2n) is 5.65. The average molecular weight is 353 g/mol. The van der Waals surface area contributed by atoms with Gasteiger partial charge in [0.2, 0.25) is 0 Å². The van der Waals surface area contributed by atoms with E-state index in [1.165, 1.54) is 11.3 Å². The first-order valence-corrected chi connectivity index (χ1v) is 8.65. The normalized spacial score (nSPS) is 12.7. The Morgan fingerprint density at radius 3 is 2.72 bits per heavy atom. The summed E-state index contributed by atoms with van der Waals surface area (Å²) in [4.78, 5) is 26.2. The maximum atomic E-state index is 12.4. The SMILES string of the molecule is O=C(Nc1n[nH]c2c1CN(C(=O)Nc1ccccc1)C2)c1ccsc1. The van der Waals surface area contributed by atoms with E-state index in [9.17, 15) is 9.59 Å². The third-order valence-electron chi connectivity index (χ3n) is 3.98. The van der Waals surface area contributed by atoms with Crippen LogP contribution < -0.4 is 10.6 Å². The number of nitrogens with zero attached hydrogens (tertiary/aromatic N) is 2. The van der Waals surface area contributed by atoms with Crippen molar-refractivity contribution >= 4 is 34.8 Å². The fraction of sp³-hybridized carbons (Fsp3) is 0.118. The molecule has 3 heterocycles. The molecule has 2 aromatic heterocycles. The molecule has 0 saturated carbocycles. The van der Waals surface area contributed by atoms with Crippen LogP contribution >= 0.6 is 11.3 Å². The van der Waals surface area contributed by atoms with Gasteiger partial charge in [-0.2, -0.15) is 16.4 Å². The van der Waals surface area contributed by atoms with Gasteiger partial charge < -0.3 is 15.5 Å². The number of urea groups is 1. The van der Waals surface area contributed by atoms with Crippen LogP contribution in [-0.2, 0) is 13.1 Å². The second kappa shape index (κ2) is 6.40. The molecule has 3 aromatic rings. The van der Waals surface area contributed by atoms with Crippen LogP contribution in [0, 0.1) is 0 Å². The Hall–Kier alpha value is -3.13. The zero-order valence-corrected chi connectivity index (χ0v) is 14.0. The van der Waals surface area contributed by atoms with Crippen LogP contribution in [-0.4, -0.2) is 27.0 Å². The first-order valence-electron chi connectivity index (χ1n) is 7.71. The first kappa shape index (κ1) is 15.4. The van der Waals surface area contributed by atoms with E-state index in [0.717, 1.165) is 16.9 Å². The molecule has 7 nitrogen and oxygen atoms in total. The van der Waals surface area contributed by atoms with Crippen molar-refractivity contribution in [2.75, 3.05) is 10.6 Å². The van der Waals surface area contributed by atoms with E-state index < -0.39 is 0 Å². The molecule has 0 saturated heterocycles.